The van der Waals surface area contributed by atoms with E-state index in [1.807, 2.05) is 36.4 Å². The van der Waals surface area contributed by atoms with Gasteiger partial charge in [-0.25, -0.2) is 9.97 Å². The predicted octanol–water partition coefficient (Wildman–Crippen LogP) is 11.7. The predicted molar refractivity (Wildman–Crippen MR) is 198 cm³/mol. The number of aromatic nitrogens is 3. The van der Waals surface area contributed by atoms with Gasteiger partial charge in [-0.15, -0.1) is 0 Å². The van der Waals surface area contributed by atoms with Crippen molar-refractivity contribution in [2.75, 3.05) is 0 Å². The highest BCUT2D eigenvalue weighted by atomic mass is 16.3. The summed E-state index contributed by atoms with van der Waals surface area (Å²) >= 11 is 0. The SMILES string of the molecule is c1ccc(-c2cc(-c3ccccc3)nc(-c3ccc4c(c3)oc3ccc5cc6c(cc5c34)c3cccc4c5ccccc5n6c43)n2)cc1. The minimum atomic E-state index is 0.669. The monoisotopic (exact) mass is 611 g/mol. The van der Waals surface area contributed by atoms with E-state index in [0.717, 1.165) is 50.0 Å². The van der Waals surface area contributed by atoms with Gasteiger partial charge in [0.15, 0.2) is 5.82 Å². The Morgan fingerprint density at radius 1 is 0.417 bits per heavy atom. The van der Waals surface area contributed by atoms with Crippen molar-refractivity contribution in [3.05, 3.63) is 152 Å². The molecule has 11 aromatic rings. The van der Waals surface area contributed by atoms with E-state index in [2.05, 4.69) is 120 Å². The van der Waals surface area contributed by atoms with E-state index < -0.39 is 0 Å². The molecule has 0 radical (unpaired) electrons. The fraction of sp³-hybridized carbons (Fsp3) is 0. The molecule has 4 heterocycles. The first-order chi connectivity index (χ1) is 23.8. The molecule has 4 aromatic heterocycles. The number of furan rings is 1. The summed E-state index contributed by atoms with van der Waals surface area (Å²) < 4.78 is 9.01. The maximum absolute atomic E-state index is 6.57. The molecular formula is C44H25N3O. The number of fused-ring (bicyclic) bond motifs is 11. The van der Waals surface area contributed by atoms with E-state index in [4.69, 9.17) is 14.4 Å². The fourth-order valence-electron chi connectivity index (χ4n) is 7.75. The lowest BCUT2D eigenvalue weighted by Gasteiger charge is -2.09. The first kappa shape index (κ1) is 25.6. The van der Waals surface area contributed by atoms with Crippen LogP contribution in [0, 0.1) is 0 Å². The van der Waals surface area contributed by atoms with Gasteiger partial charge in [0.25, 0.3) is 0 Å². The van der Waals surface area contributed by atoms with Gasteiger partial charge in [-0.2, -0.15) is 0 Å². The maximum atomic E-state index is 6.57. The number of rotatable bonds is 3. The van der Waals surface area contributed by atoms with E-state index in [-0.39, 0.29) is 0 Å². The lowest BCUT2D eigenvalue weighted by Crippen LogP contribution is -1.95. The maximum Gasteiger partial charge on any atom is 0.160 e. The third-order valence-electron chi connectivity index (χ3n) is 9.92. The van der Waals surface area contributed by atoms with Crippen molar-refractivity contribution in [1.82, 2.24) is 14.4 Å². The molecule has 0 saturated heterocycles. The molecule has 0 bridgehead atoms. The molecule has 7 aromatic carbocycles. The van der Waals surface area contributed by atoms with Crippen molar-refractivity contribution in [1.29, 1.82) is 0 Å². The summed E-state index contributed by atoms with van der Waals surface area (Å²) in [5, 5.41) is 9.73. The van der Waals surface area contributed by atoms with Gasteiger partial charge >= 0.3 is 0 Å². The van der Waals surface area contributed by atoms with Gasteiger partial charge in [0.2, 0.25) is 0 Å². The fourth-order valence-corrected chi connectivity index (χ4v) is 7.75. The Bertz CT molecular complexity index is 2990. The Morgan fingerprint density at radius 2 is 1.10 bits per heavy atom. The van der Waals surface area contributed by atoms with Crippen LogP contribution in [0.25, 0.3) is 105 Å². The van der Waals surface area contributed by atoms with Gasteiger partial charge in [0, 0.05) is 49.0 Å². The molecule has 48 heavy (non-hydrogen) atoms. The largest absolute Gasteiger partial charge is 0.456 e. The standard InChI is InChI=1S/C44H25N3O/c1-3-10-26(11-4-1)36-25-37(27-12-5-2-6-13-27)46-44(45-36)29-18-20-33-41(23-29)48-40-21-19-28-22-39-35(24-34(28)42(33)40)32-16-9-15-31-30-14-7-8-17-38(30)47(39)43(31)32/h1-25H. The summed E-state index contributed by atoms with van der Waals surface area (Å²) in [7, 11) is 0. The summed E-state index contributed by atoms with van der Waals surface area (Å²) in [6.07, 6.45) is 0. The van der Waals surface area contributed by atoms with Crippen LogP contribution >= 0.6 is 0 Å². The van der Waals surface area contributed by atoms with Gasteiger partial charge in [-0.1, -0.05) is 109 Å². The highest BCUT2D eigenvalue weighted by Crippen LogP contribution is 2.43. The number of nitrogens with zero attached hydrogens (tertiary/aromatic N) is 3. The number of hydrogen-bond donors (Lipinski definition) is 0. The second-order valence-corrected chi connectivity index (χ2v) is 12.6. The molecule has 0 spiro atoms. The molecule has 11 rings (SSSR count). The molecule has 0 N–H and O–H groups in total. The van der Waals surface area contributed by atoms with Crippen LogP contribution in [0.4, 0.5) is 0 Å². The summed E-state index contributed by atoms with van der Waals surface area (Å²) in [4.78, 5) is 10.1. The van der Waals surface area contributed by atoms with Crippen molar-refractivity contribution in [3.8, 4) is 33.9 Å². The van der Waals surface area contributed by atoms with E-state index >= 15 is 0 Å². The molecule has 0 fully saturated rings. The lowest BCUT2D eigenvalue weighted by molar-refractivity contribution is 0.669. The summed E-state index contributed by atoms with van der Waals surface area (Å²) in [5.41, 5.74) is 10.3. The Hall–Kier alpha value is -6.52. The molecule has 0 atom stereocenters. The molecule has 0 aliphatic carbocycles. The van der Waals surface area contributed by atoms with Gasteiger partial charge in [0.1, 0.15) is 11.2 Å². The summed E-state index contributed by atoms with van der Waals surface area (Å²) in [5.74, 6) is 0.669. The molecule has 4 heteroatoms. The van der Waals surface area contributed by atoms with E-state index in [0.29, 0.717) is 5.82 Å². The third-order valence-corrected chi connectivity index (χ3v) is 9.92. The topological polar surface area (TPSA) is 43.3 Å². The number of benzene rings is 7. The van der Waals surface area contributed by atoms with Crippen LogP contribution in [0.15, 0.2) is 156 Å². The molecular weight excluding hydrogens is 587 g/mol. The molecule has 0 unspecified atom stereocenters. The average molecular weight is 612 g/mol. The van der Waals surface area contributed by atoms with Crippen LogP contribution in [-0.4, -0.2) is 14.4 Å². The molecule has 0 saturated carbocycles. The summed E-state index contributed by atoms with van der Waals surface area (Å²) in [6.45, 7) is 0. The zero-order valence-corrected chi connectivity index (χ0v) is 25.7. The molecule has 222 valence electrons. The number of hydrogen-bond acceptors (Lipinski definition) is 3. The van der Waals surface area contributed by atoms with Crippen LogP contribution in [0.3, 0.4) is 0 Å². The van der Waals surface area contributed by atoms with Gasteiger partial charge in [-0.3, -0.25) is 0 Å². The first-order valence-electron chi connectivity index (χ1n) is 16.2. The van der Waals surface area contributed by atoms with Crippen LogP contribution < -0.4 is 0 Å². The van der Waals surface area contributed by atoms with Gasteiger partial charge in [-0.05, 0) is 53.2 Å². The molecule has 0 amide bonds. The lowest BCUT2D eigenvalue weighted by atomic mass is 10.00. The van der Waals surface area contributed by atoms with E-state index in [1.165, 1.54) is 48.9 Å². The molecule has 0 aliphatic heterocycles. The Kier molecular flexibility index (Phi) is 5.08. The first-order valence-corrected chi connectivity index (χ1v) is 16.2. The van der Waals surface area contributed by atoms with E-state index in [9.17, 15) is 0 Å². The third kappa shape index (κ3) is 3.54. The Labute approximate surface area is 274 Å². The number of para-hydroxylation sites is 2. The Balaban J connectivity index is 1.13. The minimum Gasteiger partial charge on any atom is -0.456 e. The minimum absolute atomic E-state index is 0.669. The van der Waals surface area contributed by atoms with Crippen LogP contribution in [0.2, 0.25) is 0 Å². The van der Waals surface area contributed by atoms with Gasteiger partial charge < -0.3 is 8.82 Å². The van der Waals surface area contributed by atoms with Crippen molar-refractivity contribution < 1.29 is 4.42 Å². The summed E-state index contributed by atoms with van der Waals surface area (Å²) in [6, 6.07) is 53.4. The second kappa shape index (κ2) is 9.50. The van der Waals surface area contributed by atoms with Crippen molar-refractivity contribution >= 4 is 70.8 Å². The second-order valence-electron chi connectivity index (χ2n) is 12.6. The van der Waals surface area contributed by atoms with E-state index in [1.54, 1.807) is 0 Å². The smallest absolute Gasteiger partial charge is 0.160 e. The highest BCUT2D eigenvalue weighted by molar-refractivity contribution is 6.27. The van der Waals surface area contributed by atoms with Crippen LogP contribution in [0.5, 0.6) is 0 Å². The van der Waals surface area contributed by atoms with Crippen LogP contribution in [0.1, 0.15) is 0 Å². The Morgan fingerprint density at radius 3 is 1.88 bits per heavy atom. The van der Waals surface area contributed by atoms with Crippen molar-refractivity contribution in [2.24, 2.45) is 0 Å². The normalized spacial score (nSPS) is 12.2. The molecule has 0 aliphatic rings. The van der Waals surface area contributed by atoms with Gasteiger partial charge in [0.05, 0.1) is 27.9 Å². The average Bonchev–Trinajstić information content (AvgIpc) is 3.81. The van der Waals surface area contributed by atoms with Crippen molar-refractivity contribution in [2.45, 2.75) is 0 Å². The van der Waals surface area contributed by atoms with Crippen molar-refractivity contribution in [3.63, 3.8) is 0 Å². The zero-order valence-electron chi connectivity index (χ0n) is 25.7. The molecule has 4 nitrogen and oxygen atoms in total. The highest BCUT2D eigenvalue weighted by Gasteiger charge is 2.20. The zero-order chi connectivity index (χ0) is 31.3. The van der Waals surface area contributed by atoms with Crippen LogP contribution in [-0.2, 0) is 0 Å². The quantitative estimate of drug-likeness (QED) is 0.200.